The number of aryl methyl sites for hydroxylation is 2. The van der Waals surface area contributed by atoms with Gasteiger partial charge < -0.3 is 9.72 Å². The summed E-state index contributed by atoms with van der Waals surface area (Å²) < 4.78 is 6.23. The fourth-order valence-corrected chi connectivity index (χ4v) is 2.84. The number of aromatic amines is 1. The van der Waals surface area contributed by atoms with E-state index in [1.54, 1.807) is 12.3 Å². The van der Waals surface area contributed by atoms with Gasteiger partial charge in [-0.05, 0) is 41.4 Å². The number of H-pyrrole nitrogens is 1. The summed E-state index contributed by atoms with van der Waals surface area (Å²) in [4.78, 5) is 20.0. The summed E-state index contributed by atoms with van der Waals surface area (Å²) in [5.41, 5.74) is 4.07. The lowest BCUT2D eigenvalue weighted by atomic mass is 10.1. The Balaban J connectivity index is 1.83. The van der Waals surface area contributed by atoms with Crippen molar-refractivity contribution in [2.24, 2.45) is 0 Å². The number of nitrogens with one attached hydrogen (secondary N) is 1. The average Bonchev–Trinajstić information content (AvgIpc) is 2.60. The maximum Gasteiger partial charge on any atom is 0.213 e. The van der Waals surface area contributed by atoms with E-state index in [-0.39, 0.29) is 5.43 Å². The Morgan fingerprint density at radius 2 is 1.83 bits per heavy atom. The Bertz CT molecular complexity index is 903. The molecule has 0 saturated carbocycles. The minimum absolute atomic E-state index is 0.0384. The molecular formula is C19H17BrN2O2. The Hall–Kier alpha value is -2.40. The third kappa shape index (κ3) is 3.41. The van der Waals surface area contributed by atoms with Gasteiger partial charge in [0, 0.05) is 29.2 Å². The van der Waals surface area contributed by atoms with Gasteiger partial charge in [-0.2, -0.15) is 0 Å². The molecule has 0 radical (unpaired) electrons. The highest BCUT2D eigenvalue weighted by Crippen LogP contribution is 2.23. The molecule has 0 aliphatic rings. The maximum atomic E-state index is 12.5. The lowest BCUT2D eigenvalue weighted by Crippen LogP contribution is -2.12. The molecule has 0 saturated heterocycles. The van der Waals surface area contributed by atoms with Gasteiger partial charge in [-0.3, -0.25) is 4.79 Å². The van der Waals surface area contributed by atoms with Gasteiger partial charge in [-0.1, -0.05) is 30.3 Å². The van der Waals surface area contributed by atoms with Crippen LogP contribution in [0, 0.1) is 13.8 Å². The smallest absolute Gasteiger partial charge is 0.213 e. The minimum Gasteiger partial charge on any atom is -0.473 e. The molecule has 0 amide bonds. The van der Waals surface area contributed by atoms with E-state index in [1.165, 1.54) is 0 Å². The van der Waals surface area contributed by atoms with Gasteiger partial charge in [0.1, 0.15) is 6.61 Å². The second-order valence-corrected chi connectivity index (χ2v) is 6.35. The number of ether oxygens (including phenoxy) is 1. The van der Waals surface area contributed by atoms with Gasteiger partial charge in [0.2, 0.25) is 11.3 Å². The van der Waals surface area contributed by atoms with Gasteiger partial charge in [0.15, 0.2) is 0 Å². The molecule has 5 heteroatoms. The van der Waals surface area contributed by atoms with Crippen LogP contribution >= 0.6 is 15.9 Å². The Morgan fingerprint density at radius 3 is 2.50 bits per heavy atom. The molecule has 0 spiro atoms. The molecule has 1 N–H and O–H groups in total. The summed E-state index contributed by atoms with van der Waals surface area (Å²) >= 11 is 3.34. The highest BCUT2D eigenvalue weighted by Gasteiger charge is 2.13. The van der Waals surface area contributed by atoms with Gasteiger partial charge in [0.25, 0.3) is 0 Å². The first-order chi connectivity index (χ1) is 11.6. The number of rotatable bonds is 4. The lowest BCUT2D eigenvalue weighted by Gasteiger charge is -2.10. The third-order valence-corrected chi connectivity index (χ3v) is 4.72. The molecule has 2 aromatic heterocycles. The zero-order valence-electron chi connectivity index (χ0n) is 13.5. The standard InChI is InChI=1S/C19H17BrN2O2/c1-12-17(19(23)18(20)13(2)22-12)15-8-9-16(21-10-15)24-11-14-6-4-3-5-7-14/h3-10H,11H2,1-2H3,(H,22,23). The molecule has 24 heavy (non-hydrogen) atoms. The number of hydrogen-bond acceptors (Lipinski definition) is 3. The van der Waals surface area contributed by atoms with Crippen molar-refractivity contribution in [2.75, 3.05) is 0 Å². The first-order valence-electron chi connectivity index (χ1n) is 7.58. The van der Waals surface area contributed by atoms with Gasteiger partial charge >= 0.3 is 0 Å². The zero-order valence-corrected chi connectivity index (χ0v) is 15.1. The molecule has 0 aliphatic carbocycles. The van der Waals surface area contributed by atoms with E-state index in [9.17, 15) is 4.79 Å². The predicted molar refractivity (Wildman–Crippen MR) is 98.2 cm³/mol. The SMILES string of the molecule is Cc1[nH]c(C)c(-c2ccc(OCc3ccccc3)nc2)c(=O)c1Br. The van der Waals surface area contributed by atoms with Crippen molar-refractivity contribution in [3.63, 3.8) is 0 Å². The normalized spacial score (nSPS) is 10.6. The maximum absolute atomic E-state index is 12.5. The van der Waals surface area contributed by atoms with Crippen LogP contribution in [0.2, 0.25) is 0 Å². The van der Waals surface area contributed by atoms with Crippen LogP contribution in [0.15, 0.2) is 57.9 Å². The summed E-state index contributed by atoms with van der Waals surface area (Å²) in [7, 11) is 0. The second-order valence-electron chi connectivity index (χ2n) is 5.55. The van der Waals surface area contributed by atoms with Crippen molar-refractivity contribution in [1.82, 2.24) is 9.97 Å². The van der Waals surface area contributed by atoms with Crippen LogP contribution < -0.4 is 10.2 Å². The Kier molecular flexibility index (Phi) is 4.81. The van der Waals surface area contributed by atoms with Crippen LogP contribution in [0.1, 0.15) is 17.0 Å². The molecule has 0 bridgehead atoms. The quantitative estimate of drug-likeness (QED) is 0.725. The van der Waals surface area contributed by atoms with Crippen LogP contribution in [0.4, 0.5) is 0 Å². The lowest BCUT2D eigenvalue weighted by molar-refractivity contribution is 0.294. The summed E-state index contributed by atoms with van der Waals surface area (Å²) in [5, 5.41) is 0. The van der Waals surface area contributed by atoms with E-state index >= 15 is 0 Å². The van der Waals surface area contributed by atoms with Crippen LogP contribution in [0.25, 0.3) is 11.1 Å². The molecule has 0 aliphatic heterocycles. The number of pyridine rings is 2. The van der Waals surface area contributed by atoms with Crippen molar-refractivity contribution >= 4 is 15.9 Å². The molecule has 3 aromatic rings. The average molecular weight is 385 g/mol. The number of benzene rings is 1. The largest absolute Gasteiger partial charge is 0.473 e. The number of halogens is 1. The predicted octanol–water partition coefficient (Wildman–Crippen LogP) is 4.40. The fraction of sp³-hybridized carbons (Fsp3) is 0.158. The summed E-state index contributed by atoms with van der Waals surface area (Å²) in [5.74, 6) is 0.530. The molecular weight excluding hydrogens is 368 g/mol. The molecule has 0 atom stereocenters. The fourth-order valence-electron chi connectivity index (χ4n) is 2.54. The molecule has 4 nitrogen and oxygen atoms in total. The van der Waals surface area contributed by atoms with Crippen LogP contribution in [-0.2, 0) is 6.61 Å². The van der Waals surface area contributed by atoms with Gasteiger partial charge in [-0.15, -0.1) is 0 Å². The van der Waals surface area contributed by atoms with E-state index in [0.29, 0.717) is 22.5 Å². The van der Waals surface area contributed by atoms with Crippen LogP contribution in [0.3, 0.4) is 0 Å². The van der Waals surface area contributed by atoms with E-state index in [2.05, 4.69) is 25.9 Å². The van der Waals surface area contributed by atoms with Crippen molar-refractivity contribution < 1.29 is 4.74 Å². The third-order valence-electron chi connectivity index (χ3n) is 3.76. The molecule has 3 rings (SSSR count). The topological polar surface area (TPSA) is 55.0 Å². The molecule has 2 heterocycles. The molecule has 122 valence electrons. The molecule has 0 unspecified atom stereocenters. The number of aromatic nitrogens is 2. The van der Waals surface area contributed by atoms with E-state index in [4.69, 9.17) is 4.74 Å². The summed E-state index contributed by atoms with van der Waals surface area (Å²) in [6, 6.07) is 13.6. The van der Waals surface area contributed by atoms with Crippen molar-refractivity contribution in [1.29, 1.82) is 0 Å². The van der Waals surface area contributed by atoms with Crippen molar-refractivity contribution in [2.45, 2.75) is 20.5 Å². The van der Waals surface area contributed by atoms with Crippen LogP contribution in [0.5, 0.6) is 5.88 Å². The van der Waals surface area contributed by atoms with Gasteiger partial charge in [0.05, 0.1) is 10.0 Å². The summed E-state index contributed by atoms with van der Waals surface area (Å²) in [6.07, 6.45) is 1.67. The molecule has 0 fully saturated rings. The highest BCUT2D eigenvalue weighted by atomic mass is 79.9. The van der Waals surface area contributed by atoms with E-state index < -0.39 is 0 Å². The van der Waals surface area contributed by atoms with Crippen LogP contribution in [-0.4, -0.2) is 9.97 Å². The highest BCUT2D eigenvalue weighted by molar-refractivity contribution is 9.10. The van der Waals surface area contributed by atoms with Crippen molar-refractivity contribution in [3.05, 3.63) is 80.3 Å². The van der Waals surface area contributed by atoms with E-state index in [0.717, 1.165) is 22.5 Å². The number of nitrogens with zero attached hydrogens (tertiary/aromatic N) is 1. The second kappa shape index (κ2) is 7.01. The monoisotopic (exact) mass is 384 g/mol. The minimum atomic E-state index is -0.0384. The Labute approximate surface area is 148 Å². The first kappa shape index (κ1) is 16.5. The number of hydrogen-bond donors (Lipinski definition) is 1. The van der Waals surface area contributed by atoms with Crippen molar-refractivity contribution in [3.8, 4) is 17.0 Å². The summed E-state index contributed by atoms with van der Waals surface area (Å²) in [6.45, 7) is 4.21. The van der Waals surface area contributed by atoms with Gasteiger partial charge in [-0.25, -0.2) is 4.98 Å². The zero-order chi connectivity index (χ0) is 17.1. The Morgan fingerprint density at radius 1 is 1.08 bits per heavy atom. The molecule has 1 aromatic carbocycles. The first-order valence-corrected chi connectivity index (χ1v) is 8.37. The van der Waals surface area contributed by atoms with E-state index in [1.807, 2.05) is 50.2 Å².